The van der Waals surface area contributed by atoms with Gasteiger partial charge in [-0.05, 0) is 49.7 Å². The Morgan fingerprint density at radius 1 is 0.935 bits per heavy atom. The molecule has 31 heavy (non-hydrogen) atoms. The Kier molecular flexibility index (Phi) is 7.02. The normalized spacial score (nSPS) is 15.4. The molecule has 0 bridgehead atoms. The number of halogens is 4. The Hall–Kier alpha value is -1.85. The van der Waals surface area contributed by atoms with E-state index >= 15 is 0 Å². The smallest absolute Gasteiger partial charge is 0.259 e. The number of likely N-dealkylation sites (tertiary alicyclic amines) is 1. The lowest BCUT2D eigenvalue weighted by Crippen LogP contribution is -2.34. The predicted octanol–water partition coefficient (Wildman–Crippen LogP) is 6.63. The first-order valence-electron chi connectivity index (χ1n) is 10.2. The van der Waals surface area contributed by atoms with Gasteiger partial charge in [0.15, 0.2) is 0 Å². The van der Waals surface area contributed by atoms with E-state index in [1.165, 1.54) is 18.9 Å². The molecule has 3 nitrogen and oxygen atoms in total. The van der Waals surface area contributed by atoms with Crippen molar-refractivity contribution in [2.45, 2.75) is 25.6 Å². The quantitative estimate of drug-likeness (QED) is 0.371. The van der Waals surface area contributed by atoms with Crippen molar-refractivity contribution in [1.29, 1.82) is 0 Å². The number of hydrogen-bond acceptors (Lipinski definition) is 2. The number of aromatic nitrogens is 1. The van der Waals surface area contributed by atoms with Gasteiger partial charge in [-0.3, -0.25) is 4.79 Å². The van der Waals surface area contributed by atoms with Crippen LogP contribution < -0.4 is 5.56 Å². The summed E-state index contributed by atoms with van der Waals surface area (Å²) in [7, 11) is 0. The van der Waals surface area contributed by atoms with E-state index < -0.39 is 6.67 Å². The zero-order valence-corrected chi connectivity index (χ0v) is 19.1. The highest BCUT2D eigenvalue weighted by atomic mass is 35.5. The number of rotatable bonds is 6. The van der Waals surface area contributed by atoms with Crippen LogP contribution in [0.4, 0.5) is 4.39 Å². The summed E-state index contributed by atoms with van der Waals surface area (Å²) in [6.45, 7) is 1.96. The summed E-state index contributed by atoms with van der Waals surface area (Å²) >= 11 is 18.9. The van der Waals surface area contributed by atoms with Gasteiger partial charge in [0.1, 0.15) is 6.67 Å². The maximum atomic E-state index is 13.6. The summed E-state index contributed by atoms with van der Waals surface area (Å²) in [5.41, 5.74) is 1.77. The molecule has 0 spiro atoms. The highest BCUT2D eigenvalue weighted by Gasteiger charge is 2.23. The highest BCUT2D eigenvalue weighted by Crippen LogP contribution is 2.39. The topological polar surface area (TPSA) is 25.2 Å². The minimum atomic E-state index is -0.831. The van der Waals surface area contributed by atoms with Crippen molar-refractivity contribution in [1.82, 2.24) is 9.47 Å². The van der Waals surface area contributed by atoms with Gasteiger partial charge in [0.25, 0.3) is 5.56 Å². The van der Waals surface area contributed by atoms with Gasteiger partial charge < -0.3 is 9.47 Å². The lowest BCUT2D eigenvalue weighted by molar-refractivity contribution is 0.295. The summed E-state index contributed by atoms with van der Waals surface area (Å²) in [5, 5.41) is 0.320. The molecule has 1 fully saturated rings. The molecule has 0 aliphatic carbocycles. The minimum absolute atomic E-state index is 0.0399. The van der Waals surface area contributed by atoms with E-state index in [4.69, 9.17) is 34.8 Å². The third-order valence-corrected chi connectivity index (χ3v) is 7.05. The first-order chi connectivity index (χ1) is 15.0. The average molecular weight is 480 g/mol. The third-order valence-electron chi connectivity index (χ3n) is 5.80. The van der Waals surface area contributed by atoms with Crippen LogP contribution in [0.15, 0.2) is 59.5 Å². The zero-order chi connectivity index (χ0) is 22.0. The lowest BCUT2D eigenvalue weighted by Gasteiger charge is -2.26. The molecule has 2 heterocycles. The van der Waals surface area contributed by atoms with Crippen LogP contribution >= 0.6 is 34.8 Å². The van der Waals surface area contributed by atoms with Crippen molar-refractivity contribution in [3.05, 3.63) is 91.3 Å². The van der Waals surface area contributed by atoms with Crippen LogP contribution in [0.1, 0.15) is 30.0 Å². The molecule has 0 radical (unpaired) electrons. The van der Waals surface area contributed by atoms with Crippen LogP contribution in [0.5, 0.6) is 0 Å². The Morgan fingerprint density at radius 3 is 2.32 bits per heavy atom. The number of hydrogen-bond donors (Lipinski definition) is 0. The van der Waals surface area contributed by atoms with E-state index in [1.807, 2.05) is 36.4 Å². The Bertz CT molecular complexity index is 1130. The summed E-state index contributed by atoms with van der Waals surface area (Å²) < 4.78 is 15.0. The third kappa shape index (κ3) is 4.54. The van der Waals surface area contributed by atoms with Gasteiger partial charge in [0.2, 0.25) is 0 Å². The molecule has 1 aromatic heterocycles. The fourth-order valence-electron chi connectivity index (χ4n) is 4.15. The van der Waals surface area contributed by atoms with Crippen molar-refractivity contribution in [2.24, 2.45) is 0 Å². The van der Waals surface area contributed by atoms with Crippen LogP contribution in [-0.2, 0) is 6.67 Å². The van der Waals surface area contributed by atoms with Crippen LogP contribution in [0, 0.1) is 0 Å². The van der Waals surface area contributed by atoms with Crippen molar-refractivity contribution in [2.75, 3.05) is 19.6 Å². The second-order valence-corrected chi connectivity index (χ2v) is 8.88. The molecule has 1 atom stereocenters. The van der Waals surface area contributed by atoms with Crippen LogP contribution in [-0.4, -0.2) is 29.1 Å². The fourth-order valence-corrected chi connectivity index (χ4v) is 4.98. The van der Waals surface area contributed by atoms with Gasteiger partial charge in [-0.15, -0.1) is 0 Å². The first-order valence-corrected chi connectivity index (χ1v) is 11.4. The Balaban J connectivity index is 1.83. The van der Waals surface area contributed by atoms with Gasteiger partial charge in [-0.25, -0.2) is 4.39 Å². The molecule has 2 aromatic carbocycles. The average Bonchev–Trinajstić information content (AvgIpc) is 3.30. The molecule has 162 valence electrons. The number of pyridine rings is 1. The summed E-state index contributed by atoms with van der Waals surface area (Å²) in [6, 6.07) is 14.9. The van der Waals surface area contributed by atoms with Crippen LogP contribution in [0.25, 0.3) is 11.1 Å². The number of nitrogens with zero attached hydrogens (tertiary/aromatic N) is 2. The molecule has 3 aromatic rings. The molecular weight excluding hydrogens is 458 g/mol. The molecule has 1 unspecified atom stereocenters. The van der Waals surface area contributed by atoms with Crippen molar-refractivity contribution in [3.8, 4) is 11.1 Å². The van der Waals surface area contributed by atoms with Gasteiger partial charge in [0, 0.05) is 34.5 Å². The summed E-state index contributed by atoms with van der Waals surface area (Å²) in [4.78, 5) is 16.0. The largest absolute Gasteiger partial charge is 0.306 e. The van der Waals surface area contributed by atoms with Crippen molar-refractivity contribution >= 4 is 34.8 Å². The maximum absolute atomic E-state index is 13.6. The molecular formula is C24H22Cl3FN2O. The van der Waals surface area contributed by atoms with E-state index in [-0.39, 0.29) is 32.2 Å². The maximum Gasteiger partial charge on any atom is 0.259 e. The highest BCUT2D eigenvalue weighted by molar-refractivity contribution is 6.45. The second kappa shape index (κ2) is 9.74. The van der Waals surface area contributed by atoms with E-state index in [0.29, 0.717) is 11.1 Å². The molecule has 0 amide bonds. The summed E-state index contributed by atoms with van der Waals surface area (Å²) in [6.07, 6.45) is 4.14. The molecule has 1 saturated heterocycles. The van der Waals surface area contributed by atoms with Gasteiger partial charge in [-0.2, -0.15) is 0 Å². The molecule has 0 N–H and O–H groups in total. The SMILES string of the molecule is O=c1c(-c2cc(Cl)c(CF)c(Cl)c2Cl)cccn1C(CN1CCCC1)c1ccccc1. The molecule has 1 aliphatic rings. The second-order valence-electron chi connectivity index (χ2n) is 7.71. The lowest BCUT2D eigenvalue weighted by atomic mass is 10.0. The molecule has 0 saturated carbocycles. The van der Waals surface area contributed by atoms with Crippen LogP contribution in [0.2, 0.25) is 15.1 Å². The molecule has 1 aliphatic heterocycles. The van der Waals surface area contributed by atoms with E-state index in [2.05, 4.69) is 4.90 Å². The molecule has 7 heteroatoms. The van der Waals surface area contributed by atoms with Gasteiger partial charge >= 0.3 is 0 Å². The number of alkyl halides is 1. The summed E-state index contributed by atoms with van der Waals surface area (Å²) in [5.74, 6) is 0. The van der Waals surface area contributed by atoms with E-state index in [9.17, 15) is 9.18 Å². The van der Waals surface area contributed by atoms with E-state index in [1.54, 1.807) is 16.8 Å². The van der Waals surface area contributed by atoms with Crippen LogP contribution in [0.3, 0.4) is 0 Å². The zero-order valence-electron chi connectivity index (χ0n) is 16.8. The Morgan fingerprint density at radius 2 is 1.65 bits per heavy atom. The first kappa shape index (κ1) is 22.3. The van der Waals surface area contributed by atoms with Gasteiger partial charge in [-0.1, -0.05) is 65.1 Å². The monoisotopic (exact) mass is 478 g/mol. The predicted molar refractivity (Wildman–Crippen MR) is 126 cm³/mol. The number of benzene rings is 2. The minimum Gasteiger partial charge on any atom is -0.306 e. The Labute approximate surface area is 196 Å². The molecule has 4 rings (SSSR count). The fraction of sp³-hybridized carbons (Fsp3) is 0.292. The van der Waals surface area contributed by atoms with Crippen molar-refractivity contribution in [3.63, 3.8) is 0 Å². The van der Waals surface area contributed by atoms with Gasteiger partial charge in [0.05, 0.1) is 16.1 Å². The van der Waals surface area contributed by atoms with Crippen molar-refractivity contribution < 1.29 is 4.39 Å². The standard InChI is InChI=1S/C24H22Cl3FN2O/c25-20-13-18(22(26)23(27)19(20)14-28)17-9-6-12-30(24(17)31)21(15-29-10-4-5-11-29)16-7-2-1-3-8-16/h1-3,6-9,12-13,21H,4-5,10-11,14-15H2. The van der Waals surface area contributed by atoms with E-state index in [0.717, 1.165) is 25.2 Å².